The van der Waals surface area contributed by atoms with Crippen molar-refractivity contribution in [3.05, 3.63) is 103 Å². The van der Waals surface area contributed by atoms with Crippen LogP contribution < -0.4 is 15.8 Å². The Bertz CT molecular complexity index is 1030. The number of carbonyl (C=O) groups excluding carboxylic acids is 1. The number of nitrogens with zero attached hydrogens (tertiary/aromatic N) is 1. The number of benzene rings is 3. The smallest absolute Gasteiger partial charge is 0.347 e. The first-order valence-electron chi connectivity index (χ1n) is 9.05. The molecule has 2 amide bonds. The summed E-state index contributed by atoms with van der Waals surface area (Å²) in [6.07, 6.45) is 0. The van der Waals surface area contributed by atoms with Crippen molar-refractivity contribution < 1.29 is 9.47 Å². The maximum atomic E-state index is 11.8. The first-order valence-corrected chi connectivity index (χ1v) is 9.05. The van der Waals surface area contributed by atoms with Crippen molar-refractivity contribution in [1.29, 1.82) is 0 Å². The molecule has 0 aliphatic rings. The van der Waals surface area contributed by atoms with E-state index < -0.39 is 6.03 Å². The van der Waals surface area contributed by atoms with Crippen molar-refractivity contribution in [3.8, 4) is 33.6 Å². The minimum Gasteiger partial charge on any atom is -0.347 e. The van der Waals surface area contributed by atoms with Gasteiger partial charge in [0.05, 0.1) is 0 Å². The lowest BCUT2D eigenvalue weighted by molar-refractivity contribution is -0.618. The third kappa shape index (κ3) is 3.62. The van der Waals surface area contributed by atoms with Crippen molar-refractivity contribution in [2.75, 3.05) is 5.43 Å². The van der Waals surface area contributed by atoms with Gasteiger partial charge in [-0.15, -0.1) is 5.43 Å². The van der Waals surface area contributed by atoms with Gasteiger partial charge in [-0.05, 0) is 35.4 Å². The number of hydrogen-bond donors (Lipinski definition) is 2. The van der Waals surface area contributed by atoms with Crippen LogP contribution in [0.1, 0.15) is 0 Å². The molecule has 0 bridgehead atoms. The molecule has 1 heterocycles. The fourth-order valence-electron chi connectivity index (χ4n) is 3.27. The van der Waals surface area contributed by atoms with Gasteiger partial charge in [-0.1, -0.05) is 71.4 Å². The van der Waals surface area contributed by atoms with Gasteiger partial charge in [-0.25, -0.2) is 4.79 Å². The Morgan fingerprint density at radius 2 is 1.00 bits per heavy atom. The Balaban J connectivity index is 2.03. The standard InChI is InChI=1S/C24H19N3O/c25-24(28)26-27-22(19-12-6-2-7-13-19)16-21(18-10-4-1-5-11-18)17-23(27)20-14-8-3-9-15-20/h1-17H,(H2-,25,26,28)/p+1. The van der Waals surface area contributed by atoms with E-state index in [0.717, 1.165) is 33.6 Å². The second-order valence-electron chi connectivity index (χ2n) is 6.42. The molecule has 0 spiro atoms. The minimum absolute atomic E-state index is 0.619. The average Bonchev–Trinajstić information content (AvgIpc) is 2.75. The Hall–Kier alpha value is -3.92. The Morgan fingerprint density at radius 1 is 0.607 bits per heavy atom. The molecule has 0 aliphatic carbocycles. The molecule has 0 fully saturated rings. The van der Waals surface area contributed by atoms with Crippen LogP contribution in [0.2, 0.25) is 0 Å². The van der Waals surface area contributed by atoms with Gasteiger partial charge in [0.2, 0.25) is 11.4 Å². The predicted octanol–water partition coefficient (Wildman–Crippen LogP) is 4.60. The number of urea groups is 1. The zero-order chi connectivity index (χ0) is 19.3. The lowest BCUT2D eigenvalue weighted by Gasteiger charge is -2.11. The highest BCUT2D eigenvalue weighted by atomic mass is 16.2. The van der Waals surface area contributed by atoms with Gasteiger partial charge in [-0.2, -0.15) is 0 Å². The second kappa shape index (κ2) is 7.76. The zero-order valence-electron chi connectivity index (χ0n) is 15.2. The number of carbonyl (C=O) groups is 1. The van der Waals surface area contributed by atoms with Crippen molar-refractivity contribution in [1.82, 2.24) is 0 Å². The summed E-state index contributed by atoms with van der Waals surface area (Å²) in [5.41, 5.74) is 14.1. The zero-order valence-corrected chi connectivity index (χ0v) is 15.2. The Labute approximate surface area is 163 Å². The molecule has 1 aromatic heterocycles. The second-order valence-corrected chi connectivity index (χ2v) is 6.42. The molecular formula is C24H20N3O+. The van der Waals surface area contributed by atoms with Gasteiger partial charge in [0, 0.05) is 23.3 Å². The summed E-state index contributed by atoms with van der Waals surface area (Å²) < 4.78 is 1.75. The number of nitrogens with two attached hydrogens (primary N) is 1. The fraction of sp³-hybridized carbons (Fsp3) is 0. The first-order chi connectivity index (χ1) is 13.7. The molecule has 4 aromatic rings. The Morgan fingerprint density at radius 3 is 1.39 bits per heavy atom. The molecule has 3 aromatic carbocycles. The normalized spacial score (nSPS) is 10.4. The van der Waals surface area contributed by atoms with E-state index in [-0.39, 0.29) is 0 Å². The minimum atomic E-state index is -0.619. The molecule has 0 saturated carbocycles. The van der Waals surface area contributed by atoms with Crippen LogP contribution in [0.15, 0.2) is 103 Å². The summed E-state index contributed by atoms with van der Waals surface area (Å²) in [5.74, 6) is 0. The van der Waals surface area contributed by atoms with Gasteiger partial charge in [0.25, 0.3) is 0 Å². The van der Waals surface area contributed by atoms with Gasteiger partial charge in [0.1, 0.15) is 0 Å². The summed E-state index contributed by atoms with van der Waals surface area (Å²) in [6, 6.07) is 33.6. The van der Waals surface area contributed by atoms with E-state index in [9.17, 15) is 4.79 Å². The summed E-state index contributed by atoms with van der Waals surface area (Å²) in [5, 5.41) is 0. The van der Waals surface area contributed by atoms with Crippen molar-refractivity contribution in [2.45, 2.75) is 0 Å². The van der Waals surface area contributed by atoms with Crippen LogP contribution in [0.5, 0.6) is 0 Å². The van der Waals surface area contributed by atoms with Crippen molar-refractivity contribution >= 4 is 6.03 Å². The van der Waals surface area contributed by atoms with E-state index in [4.69, 9.17) is 5.73 Å². The quantitative estimate of drug-likeness (QED) is 0.510. The van der Waals surface area contributed by atoms with E-state index in [0.29, 0.717) is 0 Å². The van der Waals surface area contributed by atoms with Crippen LogP contribution in [0, 0.1) is 0 Å². The van der Waals surface area contributed by atoms with E-state index in [1.807, 2.05) is 78.9 Å². The Kier molecular flexibility index (Phi) is 4.85. The molecule has 4 heteroatoms. The monoisotopic (exact) mass is 366 g/mol. The molecule has 28 heavy (non-hydrogen) atoms. The number of hydrogen-bond acceptors (Lipinski definition) is 1. The van der Waals surface area contributed by atoms with Crippen LogP contribution in [0.25, 0.3) is 33.6 Å². The van der Waals surface area contributed by atoms with E-state index >= 15 is 0 Å². The van der Waals surface area contributed by atoms with Gasteiger partial charge in [-0.3, -0.25) is 0 Å². The van der Waals surface area contributed by atoms with Crippen molar-refractivity contribution in [3.63, 3.8) is 0 Å². The molecule has 0 aliphatic heterocycles. The number of aromatic nitrogens is 1. The third-order valence-electron chi connectivity index (χ3n) is 4.53. The summed E-state index contributed by atoms with van der Waals surface area (Å²) in [6.45, 7) is 0. The molecule has 4 nitrogen and oxygen atoms in total. The molecule has 0 atom stereocenters. The van der Waals surface area contributed by atoms with Gasteiger partial charge >= 0.3 is 6.03 Å². The van der Waals surface area contributed by atoms with Crippen LogP contribution in [-0.2, 0) is 0 Å². The van der Waals surface area contributed by atoms with Crippen LogP contribution in [-0.4, -0.2) is 6.03 Å². The SMILES string of the molecule is NC(=O)N[n+]1c(-c2ccccc2)cc(-c2ccccc2)cc1-c1ccccc1. The van der Waals surface area contributed by atoms with Gasteiger partial charge in [0.15, 0.2) is 0 Å². The van der Waals surface area contributed by atoms with Crippen LogP contribution >= 0.6 is 0 Å². The average molecular weight is 366 g/mol. The summed E-state index contributed by atoms with van der Waals surface area (Å²) in [4.78, 5) is 11.8. The maximum absolute atomic E-state index is 11.8. The molecule has 4 rings (SSSR count). The van der Waals surface area contributed by atoms with E-state index in [1.165, 1.54) is 0 Å². The largest absolute Gasteiger partial charge is 0.365 e. The molecule has 0 unspecified atom stereocenters. The number of rotatable bonds is 4. The lowest BCUT2D eigenvalue weighted by atomic mass is 10.00. The first kappa shape index (κ1) is 17.5. The maximum Gasteiger partial charge on any atom is 0.365 e. The highest BCUT2D eigenvalue weighted by molar-refractivity contribution is 5.80. The predicted molar refractivity (Wildman–Crippen MR) is 112 cm³/mol. The number of amides is 2. The number of nitrogens with one attached hydrogen (secondary N) is 1. The lowest BCUT2D eigenvalue weighted by Crippen LogP contribution is -2.53. The van der Waals surface area contributed by atoms with Gasteiger partial charge < -0.3 is 5.73 Å². The number of primary amides is 1. The molecular weight excluding hydrogens is 346 g/mol. The topological polar surface area (TPSA) is 59.0 Å². The molecule has 0 radical (unpaired) electrons. The van der Waals surface area contributed by atoms with E-state index in [2.05, 4.69) is 29.7 Å². The molecule has 0 saturated heterocycles. The summed E-state index contributed by atoms with van der Waals surface area (Å²) in [7, 11) is 0. The highest BCUT2D eigenvalue weighted by Crippen LogP contribution is 2.28. The molecule has 3 N–H and O–H groups in total. The summed E-state index contributed by atoms with van der Waals surface area (Å²) >= 11 is 0. The van der Waals surface area contributed by atoms with Crippen molar-refractivity contribution in [2.24, 2.45) is 5.73 Å². The number of pyridine rings is 1. The fourth-order valence-corrected chi connectivity index (χ4v) is 3.27. The highest BCUT2D eigenvalue weighted by Gasteiger charge is 2.24. The van der Waals surface area contributed by atoms with Crippen LogP contribution in [0.4, 0.5) is 4.79 Å². The third-order valence-corrected chi connectivity index (χ3v) is 4.53. The van der Waals surface area contributed by atoms with Crippen LogP contribution in [0.3, 0.4) is 0 Å². The van der Waals surface area contributed by atoms with E-state index in [1.54, 1.807) is 4.68 Å². The molecule has 136 valence electrons.